The summed E-state index contributed by atoms with van der Waals surface area (Å²) < 4.78 is 18.5. The number of anilines is 1. The minimum absolute atomic E-state index is 0.117. The van der Waals surface area contributed by atoms with E-state index >= 15 is 0 Å². The summed E-state index contributed by atoms with van der Waals surface area (Å²) in [6, 6.07) is 20.7. The molecule has 5 rings (SSSR count). The standard InChI is InChI=1S/C29H29FN4O4/c1-2-38-29(37)33-16-14-32(15-17-33)27(35)21-6-5-7-23(18-21)31-26-24-8-3-4-9-25(24)28(36)34(26)19-20-10-12-22(30)13-11-20/h3-13,18,26,31H,2,14-17,19H2,1H3. The van der Waals surface area contributed by atoms with Crippen molar-refractivity contribution in [3.8, 4) is 0 Å². The Balaban J connectivity index is 1.32. The Labute approximate surface area is 220 Å². The smallest absolute Gasteiger partial charge is 0.409 e. The molecule has 3 aromatic rings. The number of nitrogens with zero attached hydrogens (tertiary/aromatic N) is 3. The number of halogens is 1. The molecule has 2 heterocycles. The summed E-state index contributed by atoms with van der Waals surface area (Å²) in [4.78, 5) is 43.5. The Hall–Kier alpha value is -4.40. The largest absolute Gasteiger partial charge is 0.450 e. The number of piperazine rings is 1. The molecule has 3 amide bonds. The third kappa shape index (κ3) is 5.18. The fourth-order valence-corrected chi connectivity index (χ4v) is 4.86. The lowest BCUT2D eigenvalue weighted by Crippen LogP contribution is -2.50. The molecule has 1 unspecified atom stereocenters. The monoisotopic (exact) mass is 516 g/mol. The number of hydrogen-bond donors (Lipinski definition) is 1. The lowest BCUT2D eigenvalue weighted by atomic mass is 10.1. The Morgan fingerprint density at radius 3 is 2.39 bits per heavy atom. The summed E-state index contributed by atoms with van der Waals surface area (Å²) in [5.74, 6) is -0.569. The van der Waals surface area contributed by atoms with Crippen molar-refractivity contribution in [3.05, 3.63) is 101 Å². The minimum Gasteiger partial charge on any atom is -0.450 e. The molecule has 1 fully saturated rings. The van der Waals surface area contributed by atoms with Crippen LogP contribution in [0.4, 0.5) is 14.9 Å². The highest BCUT2D eigenvalue weighted by atomic mass is 19.1. The van der Waals surface area contributed by atoms with Gasteiger partial charge in [0.25, 0.3) is 11.8 Å². The number of hydrogen-bond acceptors (Lipinski definition) is 5. The van der Waals surface area contributed by atoms with Crippen molar-refractivity contribution in [1.82, 2.24) is 14.7 Å². The molecule has 0 radical (unpaired) electrons. The first kappa shape index (κ1) is 25.3. The van der Waals surface area contributed by atoms with Crippen LogP contribution < -0.4 is 5.32 Å². The molecule has 0 spiro atoms. The van der Waals surface area contributed by atoms with Gasteiger partial charge in [0.1, 0.15) is 12.0 Å². The van der Waals surface area contributed by atoms with Gasteiger partial charge in [0.05, 0.1) is 6.61 Å². The van der Waals surface area contributed by atoms with Gasteiger partial charge >= 0.3 is 6.09 Å². The SMILES string of the molecule is CCOC(=O)N1CCN(C(=O)c2cccc(NC3c4ccccc4C(=O)N3Cc3ccc(F)cc3)c2)CC1. The minimum atomic E-state index is -0.456. The normalized spacial score (nSPS) is 16.8. The van der Waals surface area contributed by atoms with E-state index in [0.717, 1.165) is 11.1 Å². The molecular formula is C29H29FN4O4. The van der Waals surface area contributed by atoms with Gasteiger partial charge in [-0.1, -0.05) is 36.4 Å². The van der Waals surface area contributed by atoms with E-state index in [2.05, 4.69) is 5.32 Å². The molecule has 0 aliphatic carbocycles. The molecule has 1 atom stereocenters. The summed E-state index contributed by atoms with van der Waals surface area (Å²) in [5.41, 5.74) is 3.47. The topological polar surface area (TPSA) is 82.2 Å². The fraction of sp³-hybridized carbons (Fsp3) is 0.276. The lowest BCUT2D eigenvalue weighted by Gasteiger charge is -2.34. The van der Waals surface area contributed by atoms with Crippen molar-refractivity contribution in [1.29, 1.82) is 0 Å². The molecular weight excluding hydrogens is 487 g/mol. The maximum atomic E-state index is 13.4. The number of amides is 3. The molecule has 1 saturated heterocycles. The summed E-state index contributed by atoms with van der Waals surface area (Å²) in [6.45, 7) is 4.06. The number of carbonyl (C=O) groups is 3. The van der Waals surface area contributed by atoms with E-state index in [1.165, 1.54) is 12.1 Å². The first-order chi connectivity index (χ1) is 18.4. The predicted octanol–water partition coefficient (Wildman–Crippen LogP) is 4.51. The van der Waals surface area contributed by atoms with Gasteiger partial charge in [-0.3, -0.25) is 9.59 Å². The van der Waals surface area contributed by atoms with Gasteiger partial charge in [-0.2, -0.15) is 0 Å². The van der Waals surface area contributed by atoms with Crippen LogP contribution in [0.1, 0.15) is 44.9 Å². The van der Waals surface area contributed by atoms with Crippen LogP contribution in [0.15, 0.2) is 72.8 Å². The molecule has 2 aliphatic rings. The second-order valence-corrected chi connectivity index (χ2v) is 9.25. The number of nitrogens with one attached hydrogen (secondary N) is 1. The van der Waals surface area contributed by atoms with Gasteiger partial charge in [-0.05, 0) is 48.9 Å². The average molecular weight is 517 g/mol. The number of fused-ring (bicyclic) bond motifs is 1. The zero-order valence-corrected chi connectivity index (χ0v) is 21.1. The summed E-state index contributed by atoms with van der Waals surface area (Å²) >= 11 is 0. The maximum Gasteiger partial charge on any atom is 0.409 e. The van der Waals surface area contributed by atoms with Crippen LogP contribution in [0.2, 0.25) is 0 Å². The highest BCUT2D eigenvalue weighted by Gasteiger charge is 2.36. The lowest BCUT2D eigenvalue weighted by molar-refractivity contribution is 0.0570. The van der Waals surface area contributed by atoms with Crippen molar-refractivity contribution in [3.63, 3.8) is 0 Å². The molecule has 3 aromatic carbocycles. The molecule has 8 nitrogen and oxygen atoms in total. The van der Waals surface area contributed by atoms with Gasteiger partial charge in [0.15, 0.2) is 0 Å². The second-order valence-electron chi connectivity index (χ2n) is 9.25. The first-order valence-corrected chi connectivity index (χ1v) is 12.7. The van der Waals surface area contributed by atoms with Gasteiger partial charge in [0.2, 0.25) is 0 Å². The summed E-state index contributed by atoms with van der Waals surface area (Å²) in [7, 11) is 0. The van der Waals surface area contributed by atoms with E-state index in [4.69, 9.17) is 4.74 Å². The molecule has 0 saturated carbocycles. The summed E-state index contributed by atoms with van der Waals surface area (Å²) in [6.07, 6.45) is -0.815. The molecule has 0 aromatic heterocycles. The second kappa shape index (κ2) is 10.9. The number of rotatable bonds is 6. The molecule has 1 N–H and O–H groups in total. The molecule has 2 aliphatic heterocycles. The van der Waals surface area contributed by atoms with Crippen LogP contribution in [0.25, 0.3) is 0 Å². The maximum absolute atomic E-state index is 13.4. The van der Waals surface area contributed by atoms with E-state index < -0.39 is 6.17 Å². The third-order valence-electron chi connectivity index (χ3n) is 6.83. The van der Waals surface area contributed by atoms with Crippen LogP contribution in [0, 0.1) is 5.82 Å². The Morgan fingerprint density at radius 2 is 1.66 bits per heavy atom. The molecule has 9 heteroatoms. The van der Waals surface area contributed by atoms with Gasteiger partial charge in [-0.25, -0.2) is 9.18 Å². The van der Waals surface area contributed by atoms with Crippen molar-refractivity contribution in [2.45, 2.75) is 19.6 Å². The average Bonchev–Trinajstić information content (AvgIpc) is 3.20. The van der Waals surface area contributed by atoms with E-state index in [1.807, 2.05) is 24.3 Å². The highest BCUT2D eigenvalue weighted by molar-refractivity contribution is 5.99. The zero-order valence-electron chi connectivity index (χ0n) is 21.1. The zero-order chi connectivity index (χ0) is 26.6. The van der Waals surface area contributed by atoms with Gasteiger partial charge in [0, 0.05) is 55.1 Å². The Bertz CT molecular complexity index is 1340. The predicted molar refractivity (Wildman–Crippen MR) is 140 cm³/mol. The molecule has 0 bridgehead atoms. The highest BCUT2D eigenvalue weighted by Crippen LogP contribution is 2.35. The van der Waals surface area contributed by atoms with E-state index in [1.54, 1.807) is 58.0 Å². The third-order valence-corrected chi connectivity index (χ3v) is 6.83. The van der Waals surface area contributed by atoms with E-state index in [9.17, 15) is 18.8 Å². The van der Waals surface area contributed by atoms with Crippen molar-refractivity contribution >= 4 is 23.6 Å². The van der Waals surface area contributed by atoms with E-state index in [-0.39, 0.29) is 23.7 Å². The van der Waals surface area contributed by atoms with Crippen molar-refractivity contribution in [2.75, 3.05) is 38.1 Å². The fourth-order valence-electron chi connectivity index (χ4n) is 4.86. The van der Waals surface area contributed by atoms with Crippen LogP contribution in [0.5, 0.6) is 0 Å². The quantitative estimate of drug-likeness (QED) is 0.522. The van der Waals surface area contributed by atoms with Crippen molar-refractivity contribution < 1.29 is 23.5 Å². The molecule has 38 heavy (non-hydrogen) atoms. The number of ether oxygens (including phenoxy) is 1. The Kier molecular flexibility index (Phi) is 7.26. The van der Waals surface area contributed by atoms with Crippen LogP contribution in [-0.2, 0) is 11.3 Å². The number of benzene rings is 3. The van der Waals surface area contributed by atoms with Gasteiger partial charge < -0.3 is 24.8 Å². The summed E-state index contributed by atoms with van der Waals surface area (Å²) in [5, 5.41) is 3.43. The number of carbonyl (C=O) groups excluding carboxylic acids is 3. The van der Waals surface area contributed by atoms with Crippen molar-refractivity contribution in [2.24, 2.45) is 0 Å². The van der Waals surface area contributed by atoms with Crippen LogP contribution in [0.3, 0.4) is 0 Å². The Morgan fingerprint density at radius 1 is 0.947 bits per heavy atom. The molecule has 196 valence electrons. The van der Waals surface area contributed by atoms with Gasteiger partial charge in [-0.15, -0.1) is 0 Å². The van der Waals surface area contributed by atoms with Crippen LogP contribution >= 0.6 is 0 Å². The first-order valence-electron chi connectivity index (χ1n) is 12.7. The van der Waals surface area contributed by atoms with Crippen LogP contribution in [-0.4, -0.2) is 65.4 Å². The van der Waals surface area contributed by atoms with E-state index in [0.29, 0.717) is 56.1 Å².